The summed E-state index contributed by atoms with van der Waals surface area (Å²) in [5.74, 6) is 4.76. The van der Waals surface area contributed by atoms with Crippen molar-refractivity contribution in [3.63, 3.8) is 0 Å². The molecule has 8 atom stereocenters. The standard InChI is InChI=1S/C19H30O2/c1-4-19(10-13-5-6-15(19)7-13)21-18(20)17-9-14-8-16(17)12(3)11(14)2/h11-17H,4-10H2,1-3H3. The SMILES string of the molecule is CCC1(OC(=O)C2CC3CC2C(C)C3C)CC2CCC1C2. The van der Waals surface area contributed by atoms with Crippen molar-refractivity contribution in [1.29, 1.82) is 0 Å². The van der Waals surface area contributed by atoms with Crippen LogP contribution in [0.3, 0.4) is 0 Å². The molecule has 0 radical (unpaired) electrons. The third kappa shape index (κ3) is 1.93. The highest BCUT2D eigenvalue weighted by molar-refractivity contribution is 5.74. The van der Waals surface area contributed by atoms with Crippen LogP contribution in [0.2, 0.25) is 0 Å². The van der Waals surface area contributed by atoms with Crippen LogP contribution in [0.1, 0.15) is 65.7 Å². The number of hydrogen-bond acceptors (Lipinski definition) is 2. The highest BCUT2D eigenvalue weighted by Crippen LogP contribution is 2.57. The lowest BCUT2D eigenvalue weighted by Crippen LogP contribution is -2.43. The van der Waals surface area contributed by atoms with Gasteiger partial charge in [-0.3, -0.25) is 4.79 Å². The molecule has 4 fully saturated rings. The zero-order chi connectivity index (χ0) is 14.8. The van der Waals surface area contributed by atoms with Crippen LogP contribution >= 0.6 is 0 Å². The van der Waals surface area contributed by atoms with Gasteiger partial charge in [0.25, 0.3) is 0 Å². The van der Waals surface area contributed by atoms with Crippen molar-refractivity contribution >= 4 is 5.97 Å². The Morgan fingerprint density at radius 1 is 1.14 bits per heavy atom. The average Bonchev–Trinajstić information content (AvgIpc) is 3.21. The van der Waals surface area contributed by atoms with Gasteiger partial charge >= 0.3 is 5.97 Å². The van der Waals surface area contributed by atoms with Crippen molar-refractivity contribution in [3.8, 4) is 0 Å². The lowest BCUT2D eigenvalue weighted by atomic mass is 9.75. The second-order valence-corrected chi connectivity index (χ2v) is 8.64. The maximum absolute atomic E-state index is 12.9. The van der Waals surface area contributed by atoms with Gasteiger partial charge in [0.15, 0.2) is 0 Å². The summed E-state index contributed by atoms with van der Waals surface area (Å²) in [5.41, 5.74) is -0.0866. The first-order valence-corrected chi connectivity index (χ1v) is 9.27. The minimum atomic E-state index is -0.0866. The molecule has 4 aliphatic rings. The summed E-state index contributed by atoms with van der Waals surface area (Å²) >= 11 is 0. The van der Waals surface area contributed by atoms with Crippen LogP contribution < -0.4 is 0 Å². The van der Waals surface area contributed by atoms with E-state index in [0.717, 1.165) is 37.0 Å². The maximum Gasteiger partial charge on any atom is 0.309 e. The van der Waals surface area contributed by atoms with E-state index in [-0.39, 0.29) is 17.5 Å². The van der Waals surface area contributed by atoms with Gasteiger partial charge in [0.1, 0.15) is 5.60 Å². The highest BCUT2D eigenvalue weighted by atomic mass is 16.6. The molecule has 4 bridgehead atoms. The van der Waals surface area contributed by atoms with Crippen LogP contribution in [-0.4, -0.2) is 11.6 Å². The van der Waals surface area contributed by atoms with Gasteiger partial charge in [0.05, 0.1) is 5.92 Å². The van der Waals surface area contributed by atoms with Gasteiger partial charge in [0.2, 0.25) is 0 Å². The molecule has 118 valence electrons. The van der Waals surface area contributed by atoms with E-state index in [1.54, 1.807) is 0 Å². The minimum absolute atomic E-state index is 0.0866. The van der Waals surface area contributed by atoms with Gasteiger partial charge in [-0.05, 0) is 80.5 Å². The van der Waals surface area contributed by atoms with Crippen LogP contribution in [-0.2, 0) is 9.53 Å². The monoisotopic (exact) mass is 290 g/mol. The predicted molar refractivity (Wildman–Crippen MR) is 82.6 cm³/mol. The summed E-state index contributed by atoms with van der Waals surface area (Å²) in [6, 6.07) is 0. The summed E-state index contributed by atoms with van der Waals surface area (Å²) in [4.78, 5) is 12.9. The second kappa shape index (κ2) is 4.73. The van der Waals surface area contributed by atoms with Crippen LogP contribution in [0.25, 0.3) is 0 Å². The summed E-state index contributed by atoms with van der Waals surface area (Å²) in [6.07, 6.45) is 8.50. The van der Waals surface area contributed by atoms with E-state index in [1.165, 1.54) is 25.7 Å². The largest absolute Gasteiger partial charge is 0.459 e. The first-order valence-electron chi connectivity index (χ1n) is 9.27. The fraction of sp³-hybridized carbons (Fsp3) is 0.947. The van der Waals surface area contributed by atoms with Crippen LogP contribution in [0.15, 0.2) is 0 Å². The van der Waals surface area contributed by atoms with Gasteiger partial charge in [-0.25, -0.2) is 0 Å². The van der Waals surface area contributed by atoms with E-state index in [1.807, 2.05) is 0 Å². The third-order valence-corrected chi connectivity index (χ3v) is 8.02. The Labute approximate surface area is 129 Å². The molecule has 21 heavy (non-hydrogen) atoms. The molecule has 4 saturated carbocycles. The summed E-state index contributed by atoms with van der Waals surface area (Å²) < 4.78 is 6.26. The van der Waals surface area contributed by atoms with Gasteiger partial charge in [-0.2, -0.15) is 0 Å². The van der Waals surface area contributed by atoms with Crippen molar-refractivity contribution in [2.45, 2.75) is 71.3 Å². The van der Waals surface area contributed by atoms with Gasteiger partial charge in [-0.1, -0.05) is 20.8 Å². The van der Waals surface area contributed by atoms with E-state index in [4.69, 9.17) is 4.74 Å². The van der Waals surface area contributed by atoms with E-state index in [9.17, 15) is 4.79 Å². The van der Waals surface area contributed by atoms with Gasteiger partial charge in [-0.15, -0.1) is 0 Å². The number of esters is 1. The molecule has 0 spiro atoms. The van der Waals surface area contributed by atoms with Crippen molar-refractivity contribution in [2.24, 2.45) is 41.4 Å². The lowest BCUT2D eigenvalue weighted by Gasteiger charge is -2.39. The van der Waals surface area contributed by atoms with Crippen molar-refractivity contribution in [1.82, 2.24) is 0 Å². The molecular formula is C19H30O2. The zero-order valence-corrected chi connectivity index (χ0v) is 13.8. The summed E-state index contributed by atoms with van der Waals surface area (Å²) in [6.45, 7) is 6.95. The molecule has 0 heterocycles. The summed E-state index contributed by atoms with van der Waals surface area (Å²) in [5, 5.41) is 0. The first-order chi connectivity index (χ1) is 10.0. The molecule has 8 unspecified atom stereocenters. The van der Waals surface area contributed by atoms with E-state index in [2.05, 4.69) is 20.8 Å². The topological polar surface area (TPSA) is 26.3 Å². The van der Waals surface area contributed by atoms with Crippen LogP contribution in [0, 0.1) is 41.4 Å². The predicted octanol–water partition coefficient (Wildman–Crippen LogP) is 4.43. The molecule has 0 aromatic carbocycles. The normalized spacial score (nSPS) is 54.3. The number of ether oxygens (including phenoxy) is 1. The fourth-order valence-corrected chi connectivity index (χ4v) is 6.51. The van der Waals surface area contributed by atoms with Gasteiger partial charge in [0, 0.05) is 0 Å². The van der Waals surface area contributed by atoms with E-state index < -0.39 is 0 Å². The molecule has 4 rings (SSSR count). The first kappa shape index (κ1) is 14.1. The number of hydrogen-bond donors (Lipinski definition) is 0. The van der Waals surface area contributed by atoms with Crippen molar-refractivity contribution in [3.05, 3.63) is 0 Å². The summed E-state index contributed by atoms with van der Waals surface area (Å²) in [7, 11) is 0. The quantitative estimate of drug-likeness (QED) is 0.719. The Bertz CT molecular complexity index is 443. The molecule has 0 amide bonds. The molecule has 0 saturated heterocycles. The second-order valence-electron chi connectivity index (χ2n) is 8.64. The Morgan fingerprint density at radius 3 is 2.48 bits per heavy atom. The van der Waals surface area contributed by atoms with Crippen LogP contribution in [0.5, 0.6) is 0 Å². The zero-order valence-electron chi connectivity index (χ0n) is 13.8. The fourth-order valence-electron chi connectivity index (χ4n) is 6.51. The highest BCUT2D eigenvalue weighted by Gasteiger charge is 2.56. The van der Waals surface area contributed by atoms with E-state index in [0.29, 0.717) is 17.8 Å². The lowest BCUT2D eigenvalue weighted by molar-refractivity contribution is -0.174. The Hall–Kier alpha value is -0.530. The molecule has 2 nitrogen and oxygen atoms in total. The average molecular weight is 290 g/mol. The molecule has 0 aromatic heterocycles. The third-order valence-electron chi connectivity index (χ3n) is 8.02. The Morgan fingerprint density at radius 2 is 1.95 bits per heavy atom. The van der Waals surface area contributed by atoms with Crippen molar-refractivity contribution < 1.29 is 9.53 Å². The maximum atomic E-state index is 12.9. The van der Waals surface area contributed by atoms with Crippen LogP contribution in [0.4, 0.5) is 0 Å². The molecule has 0 aliphatic heterocycles. The smallest absolute Gasteiger partial charge is 0.309 e. The number of carbonyl (C=O) groups is 1. The molecule has 0 aromatic rings. The molecule has 2 heteroatoms. The van der Waals surface area contributed by atoms with Gasteiger partial charge < -0.3 is 4.74 Å². The molecule has 4 aliphatic carbocycles. The number of carbonyl (C=O) groups excluding carboxylic acids is 1. The number of fused-ring (bicyclic) bond motifs is 4. The number of rotatable bonds is 3. The van der Waals surface area contributed by atoms with E-state index >= 15 is 0 Å². The van der Waals surface area contributed by atoms with Crippen molar-refractivity contribution in [2.75, 3.05) is 0 Å². The molecular weight excluding hydrogens is 260 g/mol. The molecule has 0 N–H and O–H groups in total. The Kier molecular flexibility index (Phi) is 3.17. The minimum Gasteiger partial charge on any atom is -0.459 e. The Balaban J connectivity index is 1.47.